The molecule has 0 spiro atoms. The maximum atomic E-state index is 5.85. The second-order valence-corrected chi connectivity index (χ2v) is 4.78. The van der Waals surface area contributed by atoms with Crippen molar-refractivity contribution in [1.82, 2.24) is 4.98 Å². The zero-order valence-corrected chi connectivity index (χ0v) is 9.66. The highest BCUT2D eigenvalue weighted by Gasteiger charge is 2.15. The molecule has 0 N–H and O–H groups in total. The Bertz CT molecular complexity index is 299. The Hall–Kier alpha value is -1.05. The van der Waals surface area contributed by atoms with Gasteiger partial charge in [0, 0.05) is 18.0 Å². The lowest BCUT2D eigenvalue weighted by Gasteiger charge is -2.23. The molecule has 2 nitrogen and oxygen atoms in total. The van der Waals surface area contributed by atoms with Gasteiger partial charge in [0.2, 0.25) is 0 Å². The summed E-state index contributed by atoms with van der Waals surface area (Å²) in [7, 11) is 0. The number of hydrogen-bond acceptors (Lipinski definition) is 2. The van der Waals surface area contributed by atoms with Crippen molar-refractivity contribution in [3.05, 3.63) is 24.0 Å². The first kappa shape index (κ1) is 11.0. The highest BCUT2D eigenvalue weighted by Crippen LogP contribution is 2.27. The van der Waals surface area contributed by atoms with E-state index in [0.29, 0.717) is 5.92 Å². The maximum Gasteiger partial charge on any atom is 0.126 e. The van der Waals surface area contributed by atoms with Crippen LogP contribution in [0.1, 0.15) is 46.1 Å². The number of pyridine rings is 1. The van der Waals surface area contributed by atoms with Gasteiger partial charge in [-0.3, -0.25) is 4.98 Å². The second-order valence-electron chi connectivity index (χ2n) is 4.78. The molecular formula is C12H19NO. The molecule has 14 heavy (non-hydrogen) atoms. The van der Waals surface area contributed by atoms with E-state index in [9.17, 15) is 0 Å². The Morgan fingerprint density at radius 1 is 1.29 bits per heavy atom. The van der Waals surface area contributed by atoms with Gasteiger partial charge >= 0.3 is 0 Å². The zero-order chi connectivity index (χ0) is 10.8. The number of rotatable bonds is 2. The molecule has 1 heterocycles. The molecule has 0 aliphatic carbocycles. The summed E-state index contributed by atoms with van der Waals surface area (Å²) in [5.41, 5.74) is 1.02. The first-order valence-electron chi connectivity index (χ1n) is 5.03. The molecule has 1 rings (SSSR count). The minimum Gasteiger partial charge on any atom is -0.488 e. The number of hydrogen-bond donors (Lipinski definition) is 0. The van der Waals surface area contributed by atoms with Crippen molar-refractivity contribution < 1.29 is 4.74 Å². The van der Waals surface area contributed by atoms with Gasteiger partial charge in [0.1, 0.15) is 11.4 Å². The molecule has 0 unspecified atom stereocenters. The van der Waals surface area contributed by atoms with Crippen LogP contribution < -0.4 is 4.74 Å². The largest absolute Gasteiger partial charge is 0.488 e. The third-order valence-electron chi connectivity index (χ3n) is 1.85. The van der Waals surface area contributed by atoms with E-state index in [1.165, 1.54) is 5.56 Å². The van der Waals surface area contributed by atoms with Crippen LogP contribution in [-0.2, 0) is 0 Å². The van der Waals surface area contributed by atoms with Gasteiger partial charge in [0.15, 0.2) is 0 Å². The van der Waals surface area contributed by atoms with Gasteiger partial charge in [0.25, 0.3) is 0 Å². The molecule has 0 aliphatic rings. The summed E-state index contributed by atoms with van der Waals surface area (Å²) in [6.07, 6.45) is 3.65. The quantitative estimate of drug-likeness (QED) is 0.718. The summed E-state index contributed by atoms with van der Waals surface area (Å²) >= 11 is 0. The molecule has 0 bridgehead atoms. The Kier molecular flexibility index (Phi) is 3.14. The summed E-state index contributed by atoms with van der Waals surface area (Å²) in [5, 5.41) is 0. The minimum atomic E-state index is -0.148. The van der Waals surface area contributed by atoms with E-state index in [2.05, 4.69) is 39.6 Å². The van der Waals surface area contributed by atoms with E-state index in [0.717, 1.165) is 5.75 Å². The van der Waals surface area contributed by atoms with E-state index in [1.807, 2.05) is 12.3 Å². The lowest BCUT2D eigenvalue weighted by atomic mass is 10.0. The molecule has 0 radical (unpaired) electrons. The fourth-order valence-electron chi connectivity index (χ4n) is 1.25. The van der Waals surface area contributed by atoms with Crippen molar-refractivity contribution in [3.8, 4) is 5.75 Å². The van der Waals surface area contributed by atoms with Crippen LogP contribution in [0.25, 0.3) is 0 Å². The number of nitrogens with zero attached hydrogens (tertiary/aromatic N) is 1. The van der Waals surface area contributed by atoms with E-state index >= 15 is 0 Å². The summed E-state index contributed by atoms with van der Waals surface area (Å²) in [6, 6.07) is 1.93. The summed E-state index contributed by atoms with van der Waals surface area (Å²) in [5.74, 6) is 1.39. The van der Waals surface area contributed by atoms with Crippen LogP contribution in [0.15, 0.2) is 18.5 Å². The van der Waals surface area contributed by atoms with Crippen molar-refractivity contribution in [1.29, 1.82) is 0 Å². The third kappa shape index (κ3) is 3.02. The molecular weight excluding hydrogens is 174 g/mol. The standard InChI is InChI=1S/C12H19NO/c1-9(2)10-8-13-7-6-11(10)14-12(3,4)5/h6-9H,1-5H3. The molecule has 1 aromatic heterocycles. The summed E-state index contributed by atoms with van der Waals surface area (Å²) < 4.78 is 5.85. The lowest BCUT2D eigenvalue weighted by molar-refractivity contribution is 0.129. The van der Waals surface area contributed by atoms with Crippen molar-refractivity contribution in [2.24, 2.45) is 0 Å². The Morgan fingerprint density at radius 3 is 2.43 bits per heavy atom. The number of aromatic nitrogens is 1. The molecule has 2 heteroatoms. The summed E-state index contributed by atoms with van der Waals surface area (Å²) in [4.78, 5) is 4.12. The van der Waals surface area contributed by atoms with Crippen LogP contribution in [0, 0.1) is 0 Å². The van der Waals surface area contributed by atoms with Gasteiger partial charge in [-0.15, -0.1) is 0 Å². The molecule has 0 atom stereocenters. The van der Waals surface area contributed by atoms with Crippen molar-refractivity contribution in [2.45, 2.75) is 46.1 Å². The molecule has 0 amide bonds. The monoisotopic (exact) mass is 193 g/mol. The molecule has 0 aromatic carbocycles. The molecule has 1 aromatic rings. The number of ether oxygens (including phenoxy) is 1. The van der Waals surface area contributed by atoms with Crippen LogP contribution in [0.3, 0.4) is 0 Å². The predicted octanol–water partition coefficient (Wildman–Crippen LogP) is 3.38. The van der Waals surface area contributed by atoms with Gasteiger partial charge in [-0.2, -0.15) is 0 Å². The normalized spacial score (nSPS) is 11.9. The average Bonchev–Trinajstić information content (AvgIpc) is 2.01. The van der Waals surface area contributed by atoms with Crippen molar-refractivity contribution >= 4 is 0 Å². The summed E-state index contributed by atoms with van der Waals surface area (Å²) in [6.45, 7) is 10.5. The van der Waals surface area contributed by atoms with Crippen LogP contribution in [-0.4, -0.2) is 10.6 Å². The second kappa shape index (κ2) is 3.99. The Balaban J connectivity index is 2.96. The smallest absolute Gasteiger partial charge is 0.126 e. The lowest BCUT2D eigenvalue weighted by Crippen LogP contribution is -2.23. The maximum absolute atomic E-state index is 5.85. The SMILES string of the molecule is CC(C)c1cnccc1OC(C)(C)C. The first-order valence-corrected chi connectivity index (χ1v) is 5.03. The van der Waals surface area contributed by atoms with Gasteiger partial charge < -0.3 is 4.74 Å². The van der Waals surface area contributed by atoms with Gasteiger partial charge in [-0.25, -0.2) is 0 Å². The van der Waals surface area contributed by atoms with Crippen LogP contribution in [0.4, 0.5) is 0 Å². The van der Waals surface area contributed by atoms with Crippen LogP contribution >= 0.6 is 0 Å². The Morgan fingerprint density at radius 2 is 1.93 bits per heavy atom. The van der Waals surface area contributed by atoms with Gasteiger partial charge in [0.05, 0.1) is 0 Å². The molecule has 0 aliphatic heterocycles. The average molecular weight is 193 g/mol. The highest BCUT2D eigenvalue weighted by atomic mass is 16.5. The van der Waals surface area contributed by atoms with E-state index in [4.69, 9.17) is 4.74 Å². The highest BCUT2D eigenvalue weighted by molar-refractivity contribution is 5.33. The molecule has 0 fully saturated rings. The zero-order valence-electron chi connectivity index (χ0n) is 9.66. The van der Waals surface area contributed by atoms with Crippen LogP contribution in [0.2, 0.25) is 0 Å². The predicted molar refractivity (Wildman–Crippen MR) is 58.7 cm³/mol. The topological polar surface area (TPSA) is 22.1 Å². The molecule has 78 valence electrons. The van der Waals surface area contributed by atoms with Crippen LogP contribution in [0.5, 0.6) is 5.75 Å². The van der Waals surface area contributed by atoms with E-state index in [-0.39, 0.29) is 5.60 Å². The minimum absolute atomic E-state index is 0.148. The van der Waals surface area contributed by atoms with Gasteiger partial charge in [-0.05, 0) is 32.8 Å². The first-order chi connectivity index (χ1) is 6.40. The third-order valence-corrected chi connectivity index (χ3v) is 1.85. The van der Waals surface area contributed by atoms with E-state index < -0.39 is 0 Å². The van der Waals surface area contributed by atoms with E-state index in [1.54, 1.807) is 6.20 Å². The van der Waals surface area contributed by atoms with Gasteiger partial charge in [-0.1, -0.05) is 13.8 Å². The van der Waals surface area contributed by atoms with Crippen molar-refractivity contribution in [2.75, 3.05) is 0 Å². The molecule has 0 saturated carbocycles. The molecule has 0 saturated heterocycles. The van der Waals surface area contributed by atoms with Crippen molar-refractivity contribution in [3.63, 3.8) is 0 Å². The Labute approximate surface area is 86.3 Å². The fraction of sp³-hybridized carbons (Fsp3) is 0.583. The fourth-order valence-corrected chi connectivity index (χ4v) is 1.25.